The molecule has 0 fully saturated rings. The molecule has 0 heterocycles. The second-order valence-corrected chi connectivity index (χ2v) is 4.32. The highest BCUT2D eigenvalue weighted by Crippen LogP contribution is 2.26. The topological polar surface area (TPSA) is 66.5 Å². The molecule has 0 aliphatic carbocycles. The van der Waals surface area contributed by atoms with E-state index in [1.165, 1.54) is 0 Å². The van der Waals surface area contributed by atoms with Crippen LogP contribution in [0.15, 0.2) is 24.3 Å². The van der Waals surface area contributed by atoms with Gasteiger partial charge in [-0.25, -0.2) is 0 Å². The van der Waals surface area contributed by atoms with Gasteiger partial charge in [0.25, 0.3) is 0 Å². The van der Waals surface area contributed by atoms with Crippen LogP contribution in [-0.4, -0.2) is 22.4 Å². The van der Waals surface area contributed by atoms with Crippen LogP contribution in [0, 0.1) is 0 Å². The van der Waals surface area contributed by atoms with Gasteiger partial charge in [-0.05, 0) is 43.4 Å². The van der Waals surface area contributed by atoms with E-state index in [4.69, 9.17) is 5.73 Å². The minimum absolute atomic E-state index is 0.269. The number of hydrogen-bond donors (Lipinski definition) is 3. The molecule has 0 radical (unpaired) electrons. The second-order valence-electron chi connectivity index (χ2n) is 4.32. The third-order valence-electron chi connectivity index (χ3n) is 2.98. The van der Waals surface area contributed by atoms with Gasteiger partial charge in [-0.2, -0.15) is 0 Å². The van der Waals surface area contributed by atoms with Gasteiger partial charge in [0.2, 0.25) is 0 Å². The smallest absolute Gasteiger partial charge is 0.0802 e. The summed E-state index contributed by atoms with van der Waals surface area (Å²) in [6.07, 6.45) is 0.177. The molecular formula is C13H21NO2. The van der Waals surface area contributed by atoms with E-state index in [0.717, 1.165) is 17.7 Å². The molecule has 16 heavy (non-hydrogen) atoms. The third-order valence-corrected chi connectivity index (χ3v) is 2.98. The van der Waals surface area contributed by atoms with Gasteiger partial charge in [0, 0.05) is 5.69 Å². The molecular weight excluding hydrogens is 202 g/mol. The van der Waals surface area contributed by atoms with E-state index in [0.29, 0.717) is 6.42 Å². The summed E-state index contributed by atoms with van der Waals surface area (Å²) in [4.78, 5) is 0. The monoisotopic (exact) mass is 223 g/mol. The summed E-state index contributed by atoms with van der Waals surface area (Å²) in [5, 5.41) is 19.0. The molecule has 3 atom stereocenters. The van der Waals surface area contributed by atoms with Crippen LogP contribution < -0.4 is 5.73 Å². The first-order chi connectivity index (χ1) is 7.54. The Bertz CT molecular complexity index is 308. The first kappa shape index (κ1) is 13.0. The molecule has 4 N–H and O–H groups in total. The van der Waals surface area contributed by atoms with Crippen molar-refractivity contribution in [1.82, 2.24) is 0 Å². The van der Waals surface area contributed by atoms with Crippen molar-refractivity contribution in [1.29, 1.82) is 0 Å². The van der Waals surface area contributed by atoms with Crippen molar-refractivity contribution >= 4 is 5.69 Å². The maximum atomic E-state index is 9.67. The number of anilines is 1. The van der Waals surface area contributed by atoms with E-state index in [1.807, 2.05) is 24.3 Å². The lowest BCUT2D eigenvalue weighted by molar-refractivity contribution is 0.0215. The van der Waals surface area contributed by atoms with E-state index in [-0.39, 0.29) is 5.92 Å². The summed E-state index contributed by atoms with van der Waals surface area (Å²) in [6.45, 7) is 3.69. The molecule has 3 heteroatoms. The van der Waals surface area contributed by atoms with Crippen molar-refractivity contribution in [3.05, 3.63) is 29.8 Å². The molecule has 0 aromatic heterocycles. The number of nitrogen functional groups attached to an aromatic ring is 1. The largest absolute Gasteiger partial charge is 0.399 e. The lowest BCUT2D eigenvalue weighted by atomic mass is 9.89. The molecule has 0 amide bonds. The number of nitrogens with two attached hydrogens (primary N) is 1. The fourth-order valence-corrected chi connectivity index (χ4v) is 1.80. The van der Waals surface area contributed by atoms with Gasteiger partial charge < -0.3 is 15.9 Å². The molecule has 90 valence electrons. The Balaban J connectivity index is 2.70. The Hall–Kier alpha value is -1.06. The van der Waals surface area contributed by atoms with Crippen LogP contribution in [-0.2, 0) is 0 Å². The first-order valence-electron chi connectivity index (χ1n) is 5.76. The number of aliphatic hydroxyl groups is 2. The van der Waals surface area contributed by atoms with Crippen LogP contribution in [0.1, 0.15) is 38.2 Å². The molecule has 1 rings (SSSR count). The maximum Gasteiger partial charge on any atom is 0.0802 e. The number of rotatable bonds is 5. The predicted octanol–water partition coefficient (Wildman–Crippen LogP) is 1.89. The predicted molar refractivity (Wildman–Crippen MR) is 66.2 cm³/mol. The van der Waals surface area contributed by atoms with E-state index in [2.05, 4.69) is 6.92 Å². The highest BCUT2D eigenvalue weighted by molar-refractivity contribution is 5.40. The summed E-state index contributed by atoms with van der Waals surface area (Å²) < 4.78 is 0. The molecule has 1 aromatic rings. The zero-order chi connectivity index (χ0) is 12.1. The van der Waals surface area contributed by atoms with Gasteiger partial charge >= 0.3 is 0 Å². The SMILES string of the molecule is CCC(CC(O)C(C)O)c1ccc(N)cc1. The summed E-state index contributed by atoms with van der Waals surface area (Å²) in [5.74, 6) is 0.269. The summed E-state index contributed by atoms with van der Waals surface area (Å²) in [5.41, 5.74) is 7.54. The Labute approximate surface area is 96.9 Å². The van der Waals surface area contributed by atoms with Crippen molar-refractivity contribution < 1.29 is 10.2 Å². The minimum atomic E-state index is -0.678. The van der Waals surface area contributed by atoms with Gasteiger partial charge in [0.15, 0.2) is 0 Å². The third kappa shape index (κ3) is 3.51. The molecule has 0 saturated carbocycles. The average Bonchev–Trinajstić information content (AvgIpc) is 2.26. The zero-order valence-electron chi connectivity index (χ0n) is 9.93. The van der Waals surface area contributed by atoms with Crippen LogP contribution >= 0.6 is 0 Å². The van der Waals surface area contributed by atoms with Gasteiger partial charge in [-0.3, -0.25) is 0 Å². The lowest BCUT2D eigenvalue weighted by Gasteiger charge is -2.21. The summed E-state index contributed by atoms with van der Waals surface area (Å²) >= 11 is 0. The van der Waals surface area contributed by atoms with Crippen LogP contribution in [0.2, 0.25) is 0 Å². The van der Waals surface area contributed by atoms with E-state index < -0.39 is 12.2 Å². The molecule has 3 nitrogen and oxygen atoms in total. The molecule has 1 aromatic carbocycles. The minimum Gasteiger partial charge on any atom is -0.399 e. The van der Waals surface area contributed by atoms with Crippen molar-refractivity contribution in [2.24, 2.45) is 0 Å². The van der Waals surface area contributed by atoms with E-state index >= 15 is 0 Å². The quantitative estimate of drug-likeness (QED) is 0.668. The van der Waals surface area contributed by atoms with Gasteiger partial charge in [-0.15, -0.1) is 0 Å². The summed E-state index contributed by atoms with van der Waals surface area (Å²) in [6, 6.07) is 7.70. The zero-order valence-corrected chi connectivity index (χ0v) is 9.93. The normalized spacial score (nSPS) is 16.8. The Morgan fingerprint density at radius 3 is 2.19 bits per heavy atom. The summed E-state index contributed by atoms with van der Waals surface area (Å²) in [7, 11) is 0. The van der Waals surface area contributed by atoms with Gasteiger partial charge in [0.05, 0.1) is 12.2 Å². The molecule has 0 aliphatic heterocycles. The van der Waals surface area contributed by atoms with E-state index in [1.54, 1.807) is 6.92 Å². The molecule has 3 unspecified atom stereocenters. The fourth-order valence-electron chi connectivity index (χ4n) is 1.80. The standard InChI is InChI=1S/C13H21NO2/c1-3-10(8-13(16)9(2)15)11-4-6-12(14)7-5-11/h4-7,9-10,13,15-16H,3,8,14H2,1-2H3. The Kier molecular flexibility index (Phi) is 4.77. The Morgan fingerprint density at radius 2 is 1.75 bits per heavy atom. The van der Waals surface area contributed by atoms with Crippen molar-refractivity contribution in [3.63, 3.8) is 0 Å². The highest BCUT2D eigenvalue weighted by Gasteiger charge is 2.18. The molecule has 0 spiro atoms. The van der Waals surface area contributed by atoms with E-state index in [9.17, 15) is 10.2 Å². The molecule has 0 saturated heterocycles. The second kappa shape index (κ2) is 5.87. The number of benzene rings is 1. The van der Waals surface area contributed by atoms with Crippen LogP contribution in [0.3, 0.4) is 0 Å². The molecule has 0 bridgehead atoms. The fraction of sp³-hybridized carbons (Fsp3) is 0.538. The lowest BCUT2D eigenvalue weighted by Crippen LogP contribution is -2.24. The van der Waals surface area contributed by atoms with Crippen molar-refractivity contribution in [3.8, 4) is 0 Å². The van der Waals surface area contributed by atoms with Crippen LogP contribution in [0.4, 0.5) is 5.69 Å². The van der Waals surface area contributed by atoms with Crippen LogP contribution in [0.25, 0.3) is 0 Å². The highest BCUT2D eigenvalue weighted by atomic mass is 16.3. The number of aliphatic hydroxyl groups excluding tert-OH is 2. The number of hydrogen-bond acceptors (Lipinski definition) is 3. The van der Waals surface area contributed by atoms with Gasteiger partial charge in [0.1, 0.15) is 0 Å². The van der Waals surface area contributed by atoms with Crippen molar-refractivity contribution in [2.75, 3.05) is 5.73 Å². The molecule has 0 aliphatic rings. The van der Waals surface area contributed by atoms with Crippen LogP contribution in [0.5, 0.6) is 0 Å². The Morgan fingerprint density at radius 1 is 1.19 bits per heavy atom. The first-order valence-corrected chi connectivity index (χ1v) is 5.76. The van der Waals surface area contributed by atoms with Crippen molar-refractivity contribution in [2.45, 2.75) is 44.8 Å². The average molecular weight is 223 g/mol. The maximum absolute atomic E-state index is 9.67. The van der Waals surface area contributed by atoms with Gasteiger partial charge in [-0.1, -0.05) is 19.1 Å².